The van der Waals surface area contributed by atoms with Crippen LogP contribution in [0.15, 0.2) is 29.3 Å². The number of hydrogen-bond donors (Lipinski definition) is 3. The van der Waals surface area contributed by atoms with Crippen LogP contribution in [0.2, 0.25) is 0 Å². The quantitative estimate of drug-likeness (QED) is 0.161. The van der Waals surface area contributed by atoms with Crippen molar-refractivity contribution in [3.63, 3.8) is 0 Å². The van der Waals surface area contributed by atoms with E-state index in [4.69, 9.17) is 9.47 Å². The van der Waals surface area contributed by atoms with Gasteiger partial charge in [-0.15, -0.1) is 24.0 Å². The fraction of sp³-hybridized carbons (Fsp3) is 0.652. The van der Waals surface area contributed by atoms with Gasteiger partial charge in [-0.1, -0.05) is 26.0 Å². The van der Waals surface area contributed by atoms with Gasteiger partial charge in [0.2, 0.25) is 5.91 Å². The van der Waals surface area contributed by atoms with Crippen LogP contribution >= 0.6 is 24.0 Å². The molecule has 176 valence electrons. The number of amides is 1. The second kappa shape index (κ2) is 16.3. The largest absolute Gasteiger partial charge is 0.381 e. The number of carbonyl (C=O) groups is 1. The molecule has 1 aliphatic heterocycles. The Hall–Kier alpha value is -1.39. The molecule has 1 aromatic rings. The molecule has 0 aromatic heterocycles. The van der Waals surface area contributed by atoms with E-state index >= 15 is 0 Å². The third-order valence-corrected chi connectivity index (χ3v) is 5.15. The Bertz CT molecular complexity index is 666. The first-order chi connectivity index (χ1) is 14.6. The lowest BCUT2D eigenvalue weighted by Crippen LogP contribution is -2.38. The van der Waals surface area contributed by atoms with Crippen LogP contribution in [-0.2, 0) is 20.8 Å². The van der Waals surface area contributed by atoms with Gasteiger partial charge in [0, 0.05) is 43.8 Å². The minimum absolute atomic E-state index is 0. The molecule has 7 nitrogen and oxygen atoms in total. The summed E-state index contributed by atoms with van der Waals surface area (Å²) in [5.74, 6) is 1.40. The summed E-state index contributed by atoms with van der Waals surface area (Å²) in [4.78, 5) is 16.8. The number of anilines is 1. The fourth-order valence-corrected chi connectivity index (χ4v) is 3.06. The second-order valence-electron chi connectivity index (χ2n) is 7.78. The third kappa shape index (κ3) is 11.2. The molecule has 3 N–H and O–H groups in total. The summed E-state index contributed by atoms with van der Waals surface area (Å²) >= 11 is 0. The van der Waals surface area contributed by atoms with Crippen LogP contribution < -0.4 is 16.0 Å². The number of halogens is 1. The fourth-order valence-electron chi connectivity index (χ4n) is 3.06. The van der Waals surface area contributed by atoms with Gasteiger partial charge >= 0.3 is 0 Å². The van der Waals surface area contributed by atoms with Crippen molar-refractivity contribution < 1.29 is 14.3 Å². The average Bonchev–Trinajstić information content (AvgIpc) is 3.27. The standard InChI is InChI=1S/C23H38N4O3.HI/c1-4-18(3)22(28)27-21-9-6-8-19(14-21)15-26-23(24-5-2)25-11-7-12-29-16-20-10-13-30-17-20;/h6,8-9,14,18,20H,4-5,7,10-13,15-17H2,1-3H3,(H,27,28)(H2,24,25,26);1H. The van der Waals surface area contributed by atoms with Crippen molar-refractivity contribution in [2.45, 2.75) is 46.6 Å². The summed E-state index contributed by atoms with van der Waals surface area (Å²) in [6.07, 6.45) is 2.86. The Morgan fingerprint density at radius 2 is 2.16 bits per heavy atom. The smallest absolute Gasteiger partial charge is 0.227 e. The van der Waals surface area contributed by atoms with Gasteiger partial charge in [0.25, 0.3) is 0 Å². The van der Waals surface area contributed by atoms with E-state index in [0.717, 1.165) is 76.0 Å². The Morgan fingerprint density at radius 3 is 2.87 bits per heavy atom. The molecule has 0 aliphatic carbocycles. The van der Waals surface area contributed by atoms with Gasteiger partial charge in [-0.2, -0.15) is 0 Å². The van der Waals surface area contributed by atoms with Crippen LogP contribution in [0.3, 0.4) is 0 Å². The molecule has 1 heterocycles. The van der Waals surface area contributed by atoms with Gasteiger partial charge in [-0.3, -0.25) is 4.79 Å². The van der Waals surface area contributed by atoms with Crippen molar-refractivity contribution in [1.29, 1.82) is 0 Å². The highest BCUT2D eigenvalue weighted by Gasteiger charge is 2.15. The van der Waals surface area contributed by atoms with E-state index in [2.05, 4.69) is 27.9 Å². The number of rotatable bonds is 12. The van der Waals surface area contributed by atoms with Crippen LogP contribution in [0.4, 0.5) is 5.69 Å². The summed E-state index contributed by atoms with van der Waals surface area (Å²) in [7, 11) is 0. The number of benzene rings is 1. The SMILES string of the molecule is CCNC(=NCc1cccc(NC(=O)C(C)CC)c1)NCCCOCC1CCOC1.I. The molecule has 1 aliphatic rings. The molecule has 2 unspecified atom stereocenters. The predicted molar refractivity (Wildman–Crippen MR) is 137 cm³/mol. The maximum Gasteiger partial charge on any atom is 0.227 e. The van der Waals surface area contributed by atoms with Crippen LogP contribution in [0.5, 0.6) is 0 Å². The van der Waals surface area contributed by atoms with Crippen molar-refractivity contribution in [1.82, 2.24) is 10.6 Å². The lowest BCUT2D eigenvalue weighted by molar-refractivity contribution is -0.119. The van der Waals surface area contributed by atoms with Crippen molar-refractivity contribution in [3.05, 3.63) is 29.8 Å². The van der Waals surface area contributed by atoms with Gasteiger partial charge in [-0.25, -0.2) is 4.99 Å². The van der Waals surface area contributed by atoms with Crippen molar-refractivity contribution >= 4 is 41.5 Å². The minimum Gasteiger partial charge on any atom is -0.381 e. The summed E-state index contributed by atoms with van der Waals surface area (Å²) < 4.78 is 11.1. The zero-order valence-electron chi connectivity index (χ0n) is 19.1. The topological polar surface area (TPSA) is 84.0 Å². The van der Waals surface area contributed by atoms with Gasteiger partial charge in [0.15, 0.2) is 5.96 Å². The Kier molecular flexibility index (Phi) is 14.5. The molecular formula is C23H39IN4O3. The zero-order valence-corrected chi connectivity index (χ0v) is 21.4. The maximum absolute atomic E-state index is 12.1. The Morgan fingerprint density at radius 1 is 1.32 bits per heavy atom. The van der Waals surface area contributed by atoms with E-state index in [1.165, 1.54) is 0 Å². The van der Waals surface area contributed by atoms with Crippen LogP contribution in [0, 0.1) is 11.8 Å². The van der Waals surface area contributed by atoms with Crippen LogP contribution in [0.25, 0.3) is 0 Å². The maximum atomic E-state index is 12.1. The predicted octanol–water partition coefficient (Wildman–Crippen LogP) is 3.79. The molecule has 2 rings (SSSR count). The van der Waals surface area contributed by atoms with Gasteiger partial charge in [-0.05, 0) is 43.9 Å². The number of ether oxygens (including phenoxy) is 2. The lowest BCUT2D eigenvalue weighted by Gasteiger charge is -2.13. The molecule has 0 radical (unpaired) electrons. The van der Waals surface area contributed by atoms with E-state index in [-0.39, 0.29) is 35.8 Å². The molecule has 8 heteroatoms. The third-order valence-electron chi connectivity index (χ3n) is 5.15. The first-order valence-electron chi connectivity index (χ1n) is 11.2. The molecule has 1 fully saturated rings. The monoisotopic (exact) mass is 546 g/mol. The molecule has 1 aromatic carbocycles. The lowest BCUT2D eigenvalue weighted by atomic mass is 10.1. The van der Waals surface area contributed by atoms with E-state index in [1.54, 1.807) is 0 Å². The highest BCUT2D eigenvalue weighted by atomic mass is 127. The second-order valence-corrected chi connectivity index (χ2v) is 7.78. The molecule has 0 bridgehead atoms. The molecule has 2 atom stereocenters. The number of carbonyl (C=O) groups excluding carboxylic acids is 1. The molecule has 0 saturated carbocycles. The van der Waals surface area contributed by atoms with Crippen LogP contribution in [0.1, 0.15) is 45.6 Å². The summed E-state index contributed by atoms with van der Waals surface area (Å²) in [6.45, 7) is 11.4. The molecular weight excluding hydrogens is 507 g/mol. The van der Waals surface area contributed by atoms with Crippen molar-refractivity contribution in [2.24, 2.45) is 16.8 Å². The highest BCUT2D eigenvalue weighted by molar-refractivity contribution is 14.0. The first kappa shape index (κ1) is 27.6. The molecule has 0 spiro atoms. The number of guanidine groups is 1. The van der Waals surface area contributed by atoms with E-state index < -0.39 is 0 Å². The minimum atomic E-state index is 0. The van der Waals surface area contributed by atoms with Crippen molar-refractivity contribution in [3.8, 4) is 0 Å². The van der Waals surface area contributed by atoms with Crippen molar-refractivity contribution in [2.75, 3.05) is 44.8 Å². The molecule has 1 amide bonds. The van der Waals surface area contributed by atoms with Crippen LogP contribution in [-0.4, -0.2) is 51.4 Å². The number of nitrogens with one attached hydrogen (secondary N) is 3. The molecule has 1 saturated heterocycles. The van der Waals surface area contributed by atoms with E-state index in [0.29, 0.717) is 12.5 Å². The Labute approximate surface area is 204 Å². The number of aliphatic imine (C=N–C) groups is 1. The summed E-state index contributed by atoms with van der Waals surface area (Å²) in [5.41, 5.74) is 1.87. The van der Waals surface area contributed by atoms with E-state index in [9.17, 15) is 4.79 Å². The highest BCUT2D eigenvalue weighted by Crippen LogP contribution is 2.14. The van der Waals surface area contributed by atoms with Gasteiger partial charge in [0.1, 0.15) is 0 Å². The van der Waals surface area contributed by atoms with Gasteiger partial charge in [0.05, 0.1) is 19.8 Å². The number of nitrogens with zero attached hydrogens (tertiary/aromatic N) is 1. The first-order valence-corrected chi connectivity index (χ1v) is 11.2. The number of hydrogen-bond acceptors (Lipinski definition) is 4. The van der Waals surface area contributed by atoms with Gasteiger partial charge < -0.3 is 25.4 Å². The Balaban J connectivity index is 0.00000480. The normalized spacial score (nSPS) is 17.0. The van der Waals surface area contributed by atoms with E-state index in [1.807, 2.05) is 38.1 Å². The average molecular weight is 546 g/mol. The summed E-state index contributed by atoms with van der Waals surface area (Å²) in [6, 6.07) is 7.86. The zero-order chi connectivity index (χ0) is 21.6. The summed E-state index contributed by atoms with van der Waals surface area (Å²) in [5, 5.41) is 9.60. The molecule has 31 heavy (non-hydrogen) atoms.